The molecule has 4 nitrogen and oxygen atoms in total. The summed E-state index contributed by atoms with van der Waals surface area (Å²) in [5.74, 6) is -0.0323. The molecule has 0 unspecified atom stereocenters. The van der Waals surface area contributed by atoms with Gasteiger partial charge >= 0.3 is 0 Å². The highest BCUT2D eigenvalue weighted by Gasteiger charge is 2.22. The summed E-state index contributed by atoms with van der Waals surface area (Å²) < 4.78 is 2.22. The van der Waals surface area contributed by atoms with Gasteiger partial charge in [-0.2, -0.15) is 0 Å². The second-order valence-corrected chi connectivity index (χ2v) is 6.65. The SMILES string of the molecule is O=C(Cn1ccc2ccsc2c1=O)N1CCCc2ccccc21. The van der Waals surface area contributed by atoms with Crippen molar-refractivity contribution in [3.05, 3.63) is 63.9 Å². The number of fused-ring (bicyclic) bond motifs is 2. The van der Waals surface area contributed by atoms with Crippen molar-refractivity contribution in [1.29, 1.82) is 0 Å². The van der Waals surface area contributed by atoms with Gasteiger partial charge in [-0.1, -0.05) is 18.2 Å². The number of thiophene rings is 1. The summed E-state index contributed by atoms with van der Waals surface area (Å²) in [6.45, 7) is 0.798. The summed E-state index contributed by atoms with van der Waals surface area (Å²) in [5.41, 5.74) is 2.10. The lowest BCUT2D eigenvalue weighted by atomic mass is 10.0. The third kappa shape index (κ3) is 2.47. The number of amides is 1. The van der Waals surface area contributed by atoms with Crippen molar-refractivity contribution in [2.75, 3.05) is 11.4 Å². The summed E-state index contributed by atoms with van der Waals surface area (Å²) in [5, 5.41) is 2.84. The molecule has 5 heteroatoms. The van der Waals surface area contributed by atoms with Crippen LogP contribution in [0.5, 0.6) is 0 Å². The number of aryl methyl sites for hydroxylation is 1. The van der Waals surface area contributed by atoms with Gasteiger partial charge in [0, 0.05) is 18.4 Å². The van der Waals surface area contributed by atoms with Gasteiger partial charge < -0.3 is 9.47 Å². The highest BCUT2D eigenvalue weighted by Crippen LogP contribution is 2.26. The summed E-state index contributed by atoms with van der Waals surface area (Å²) in [4.78, 5) is 27.0. The number of carbonyl (C=O) groups excluding carboxylic acids is 1. The number of rotatable bonds is 2. The van der Waals surface area contributed by atoms with Crippen LogP contribution >= 0.6 is 11.3 Å². The Kier molecular flexibility index (Phi) is 3.50. The van der Waals surface area contributed by atoms with E-state index in [2.05, 4.69) is 6.07 Å². The average molecular weight is 324 g/mol. The molecule has 0 aliphatic carbocycles. The van der Waals surface area contributed by atoms with Crippen LogP contribution in [0.25, 0.3) is 10.1 Å². The van der Waals surface area contributed by atoms with E-state index in [0.717, 1.165) is 23.9 Å². The fraction of sp³-hybridized carbons (Fsp3) is 0.222. The Labute approximate surface area is 137 Å². The van der Waals surface area contributed by atoms with Crippen molar-refractivity contribution >= 4 is 33.0 Å². The number of pyridine rings is 1. The minimum Gasteiger partial charge on any atom is -0.311 e. The molecule has 2 aromatic heterocycles. The lowest BCUT2D eigenvalue weighted by Crippen LogP contribution is -2.39. The van der Waals surface area contributed by atoms with E-state index >= 15 is 0 Å². The first kappa shape index (κ1) is 14.2. The third-order valence-corrected chi connectivity index (χ3v) is 5.22. The zero-order valence-corrected chi connectivity index (χ0v) is 13.4. The Morgan fingerprint density at radius 1 is 1.17 bits per heavy atom. The molecule has 1 aliphatic heterocycles. The molecular formula is C18H16N2O2S. The molecule has 116 valence electrons. The summed E-state index contributed by atoms with van der Waals surface area (Å²) in [6.07, 6.45) is 3.67. The van der Waals surface area contributed by atoms with Crippen LogP contribution in [0.15, 0.2) is 52.8 Å². The minimum atomic E-state index is -0.0869. The molecule has 0 saturated heterocycles. The van der Waals surface area contributed by atoms with E-state index in [-0.39, 0.29) is 18.0 Å². The fourth-order valence-electron chi connectivity index (χ4n) is 3.14. The molecule has 0 N–H and O–H groups in total. The van der Waals surface area contributed by atoms with Crippen molar-refractivity contribution in [3.63, 3.8) is 0 Å². The lowest BCUT2D eigenvalue weighted by molar-refractivity contribution is -0.119. The maximum absolute atomic E-state index is 12.7. The Morgan fingerprint density at radius 2 is 2.04 bits per heavy atom. The number of nitrogens with zero attached hydrogens (tertiary/aromatic N) is 2. The van der Waals surface area contributed by atoms with Gasteiger partial charge in [0.2, 0.25) is 5.91 Å². The Hall–Kier alpha value is -2.40. The topological polar surface area (TPSA) is 42.3 Å². The van der Waals surface area contributed by atoms with Gasteiger partial charge in [0.05, 0.1) is 4.70 Å². The molecule has 0 radical (unpaired) electrons. The average Bonchev–Trinajstić information content (AvgIpc) is 3.06. The Bertz CT molecular complexity index is 941. The second-order valence-electron chi connectivity index (χ2n) is 5.73. The third-order valence-electron chi connectivity index (χ3n) is 4.30. The van der Waals surface area contributed by atoms with E-state index in [0.29, 0.717) is 11.2 Å². The van der Waals surface area contributed by atoms with Crippen LogP contribution < -0.4 is 10.5 Å². The lowest BCUT2D eigenvalue weighted by Gasteiger charge is -2.29. The smallest absolute Gasteiger partial charge is 0.268 e. The summed E-state index contributed by atoms with van der Waals surface area (Å²) in [7, 11) is 0. The zero-order chi connectivity index (χ0) is 15.8. The standard InChI is InChI=1S/C18H16N2O2S/c21-16(20-9-3-5-13-4-1-2-6-15(13)20)12-19-10-7-14-8-11-23-17(14)18(19)22/h1-2,4,6-8,10-11H,3,5,9,12H2. The quantitative estimate of drug-likeness (QED) is 0.727. The van der Waals surface area contributed by atoms with Crippen molar-refractivity contribution < 1.29 is 4.79 Å². The number of para-hydroxylation sites is 1. The highest BCUT2D eigenvalue weighted by atomic mass is 32.1. The van der Waals surface area contributed by atoms with Crippen LogP contribution in [-0.4, -0.2) is 17.0 Å². The monoisotopic (exact) mass is 324 g/mol. The molecule has 1 aromatic carbocycles. The maximum Gasteiger partial charge on any atom is 0.268 e. The summed E-state index contributed by atoms with van der Waals surface area (Å²) >= 11 is 1.42. The molecule has 0 fully saturated rings. The van der Waals surface area contributed by atoms with E-state index in [9.17, 15) is 9.59 Å². The van der Waals surface area contributed by atoms with E-state index in [4.69, 9.17) is 0 Å². The van der Waals surface area contributed by atoms with Gasteiger partial charge in [0.15, 0.2) is 0 Å². The number of carbonyl (C=O) groups is 1. The highest BCUT2D eigenvalue weighted by molar-refractivity contribution is 7.17. The van der Waals surface area contributed by atoms with Crippen LogP contribution in [0.3, 0.4) is 0 Å². The van der Waals surface area contributed by atoms with Crippen molar-refractivity contribution in [2.45, 2.75) is 19.4 Å². The van der Waals surface area contributed by atoms with Crippen LogP contribution in [0, 0.1) is 0 Å². The molecule has 0 bridgehead atoms. The number of hydrogen-bond acceptors (Lipinski definition) is 3. The molecule has 0 spiro atoms. The molecule has 1 amide bonds. The number of aromatic nitrogens is 1. The van der Waals surface area contributed by atoms with Crippen molar-refractivity contribution in [1.82, 2.24) is 4.57 Å². The van der Waals surface area contributed by atoms with Gasteiger partial charge in [0.1, 0.15) is 6.54 Å². The molecule has 3 heterocycles. The molecule has 1 aliphatic rings. The molecule has 0 atom stereocenters. The zero-order valence-electron chi connectivity index (χ0n) is 12.6. The van der Waals surface area contributed by atoms with Gasteiger partial charge in [-0.15, -0.1) is 11.3 Å². The Balaban J connectivity index is 1.65. The van der Waals surface area contributed by atoms with Crippen LogP contribution in [0.4, 0.5) is 5.69 Å². The fourth-order valence-corrected chi connectivity index (χ4v) is 3.98. The summed E-state index contributed by atoms with van der Waals surface area (Å²) in [6, 6.07) is 11.8. The largest absolute Gasteiger partial charge is 0.311 e. The van der Waals surface area contributed by atoms with E-state index in [1.54, 1.807) is 6.20 Å². The van der Waals surface area contributed by atoms with Crippen LogP contribution in [0.1, 0.15) is 12.0 Å². The van der Waals surface area contributed by atoms with Gasteiger partial charge in [0.25, 0.3) is 5.56 Å². The predicted molar refractivity (Wildman–Crippen MR) is 93.2 cm³/mol. The van der Waals surface area contributed by atoms with Crippen molar-refractivity contribution in [3.8, 4) is 0 Å². The van der Waals surface area contributed by atoms with Crippen LogP contribution in [-0.2, 0) is 17.8 Å². The first-order valence-corrected chi connectivity index (χ1v) is 8.57. The molecule has 23 heavy (non-hydrogen) atoms. The Morgan fingerprint density at radius 3 is 2.96 bits per heavy atom. The molecular weight excluding hydrogens is 308 g/mol. The maximum atomic E-state index is 12.7. The van der Waals surface area contributed by atoms with Gasteiger partial charge in [-0.3, -0.25) is 9.59 Å². The van der Waals surface area contributed by atoms with Crippen LogP contribution in [0.2, 0.25) is 0 Å². The molecule has 4 rings (SSSR count). The predicted octanol–water partition coefficient (Wildman–Crippen LogP) is 3.04. The van der Waals surface area contributed by atoms with Gasteiger partial charge in [-0.05, 0) is 47.4 Å². The van der Waals surface area contributed by atoms with E-state index < -0.39 is 0 Å². The number of anilines is 1. The normalized spacial score (nSPS) is 14.0. The van der Waals surface area contributed by atoms with Crippen molar-refractivity contribution in [2.24, 2.45) is 0 Å². The first-order valence-electron chi connectivity index (χ1n) is 7.69. The van der Waals surface area contributed by atoms with Gasteiger partial charge in [-0.25, -0.2) is 0 Å². The molecule has 0 saturated carbocycles. The first-order chi connectivity index (χ1) is 11.2. The van der Waals surface area contributed by atoms with E-state index in [1.165, 1.54) is 21.5 Å². The number of hydrogen-bond donors (Lipinski definition) is 0. The second kappa shape index (κ2) is 5.66. The van der Waals surface area contributed by atoms with E-state index in [1.807, 2.05) is 40.6 Å². The molecule has 3 aromatic rings. The number of benzene rings is 1. The minimum absolute atomic E-state index is 0.0323.